The van der Waals surface area contributed by atoms with Gasteiger partial charge in [-0.3, -0.25) is 24.6 Å². The monoisotopic (exact) mass is 834 g/mol. The molecule has 6 heterocycles. The number of amides is 3. The molecule has 1 atom stereocenters. The minimum atomic E-state index is -1.15. The Morgan fingerprint density at radius 3 is 2.49 bits per heavy atom. The van der Waals surface area contributed by atoms with Gasteiger partial charge >= 0.3 is 0 Å². The molecule has 5 aliphatic rings. The molecule has 0 spiro atoms. The molecule has 1 unspecified atom stereocenters. The van der Waals surface area contributed by atoms with Crippen LogP contribution in [0.25, 0.3) is 11.0 Å². The summed E-state index contributed by atoms with van der Waals surface area (Å²) in [6.45, 7) is 3.50. The van der Waals surface area contributed by atoms with E-state index in [4.69, 9.17) is 4.98 Å². The van der Waals surface area contributed by atoms with Gasteiger partial charge in [0.25, 0.3) is 5.91 Å². The van der Waals surface area contributed by atoms with Gasteiger partial charge in [-0.2, -0.15) is 4.98 Å². The zero-order chi connectivity index (χ0) is 36.7. The third-order valence-corrected chi connectivity index (χ3v) is 14.0. The lowest BCUT2D eigenvalue weighted by molar-refractivity contribution is -0.134. The molecule has 0 bridgehead atoms. The van der Waals surface area contributed by atoms with Gasteiger partial charge in [-0.05, 0) is 78.3 Å². The van der Waals surface area contributed by atoms with Gasteiger partial charge in [0, 0.05) is 76.1 Å². The van der Waals surface area contributed by atoms with E-state index in [1.165, 1.54) is 18.5 Å². The average Bonchev–Trinajstić information content (AvgIpc) is 3.80. The summed E-state index contributed by atoms with van der Waals surface area (Å²) in [5.74, 6) is -0.170. The number of rotatable bonds is 10. The number of piperidine rings is 2. The molecule has 2 N–H and O–H groups in total. The lowest BCUT2D eigenvalue weighted by Gasteiger charge is -2.50. The molecule has 2 aromatic heterocycles. The smallest absolute Gasteiger partial charge is 0.270 e. The highest BCUT2D eigenvalue weighted by Gasteiger charge is 2.40. The Morgan fingerprint density at radius 2 is 1.81 bits per heavy atom. The van der Waals surface area contributed by atoms with Crippen molar-refractivity contribution in [1.29, 1.82) is 0 Å². The first kappa shape index (κ1) is 36.0. The topological polar surface area (TPSA) is 116 Å². The van der Waals surface area contributed by atoms with Crippen LogP contribution in [0.5, 0.6) is 0 Å². The minimum Gasteiger partial charge on any atom is -0.368 e. The van der Waals surface area contributed by atoms with Crippen LogP contribution in [0.1, 0.15) is 91.4 Å². The van der Waals surface area contributed by atoms with Crippen LogP contribution in [-0.2, 0) is 16.0 Å². The van der Waals surface area contributed by atoms with Crippen LogP contribution in [-0.4, -0.2) is 103 Å². The molecular weight excluding hydrogens is 786 g/mol. The van der Waals surface area contributed by atoms with Crippen LogP contribution in [0.2, 0.25) is 0 Å². The molecule has 4 fully saturated rings. The van der Waals surface area contributed by atoms with Crippen LogP contribution in [0.3, 0.4) is 0 Å². The van der Waals surface area contributed by atoms with E-state index in [9.17, 15) is 14.4 Å². The first-order valence-electron chi connectivity index (χ1n) is 19.0. The van der Waals surface area contributed by atoms with Gasteiger partial charge in [0.15, 0.2) is 0 Å². The lowest BCUT2D eigenvalue weighted by Crippen LogP contribution is -2.61. The van der Waals surface area contributed by atoms with Crippen molar-refractivity contribution >= 4 is 59.4 Å². The normalized spacial score (nSPS) is 22.5. The van der Waals surface area contributed by atoms with Crippen LogP contribution in [0.4, 0.5) is 10.3 Å². The molecule has 13 heteroatoms. The number of hydrogen-bond donors (Lipinski definition) is 2. The molecule has 8 rings (SSSR count). The van der Waals surface area contributed by atoms with E-state index in [1.807, 2.05) is 36.5 Å². The van der Waals surface area contributed by atoms with Crippen LogP contribution in [0, 0.1) is 0 Å². The summed E-state index contributed by atoms with van der Waals surface area (Å²) in [7, 11) is 3.58. The fourth-order valence-electron chi connectivity index (χ4n) is 8.42. The Labute approximate surface area is 319 Å². The second-order valence-electron chi connectivity index (χ2n) is 15.5. The number of benzene rings is 1. The highest BCUT2D eigenvalue weighted by molar-refractivity contribution is 14.2. The number of fused-ring (bicyclic) bond motifs is 1. The van der Waals surface area contributed by atoms with Gasteiger partial charge in [-0.25, -0.2) is 9.37 Å². The van der Waals surface area contributed by atoms with Crippen molar-refractivity contribution in [2.75, 3.05) is 45.6 Å². The van der Waals surface area contributed by atoms with Crippen LogP contribution < -0.4 is 10.6 Å². The molecule has 0 radical (unpaired) electrons. The number of carbonyl (C=O) groups is 3. The zero-order valence-electron chi connectivity index (χ0n) is 30.5. The van der Waals surface area contributed by atoms with Crippen molar-refractivity contribution in [2.45, 2.75) is 87.9 Å². The predicted octanol–water partition coefficient (Wildman–Crippen LogP) is 5.81. The summed E-state index contributed by atoms with van der Waals surface area (Å²) in [5, 5.41) is 6.79. The largest absolute Gasteiger partial charge is 0.368 e. The minimum absolute atomic E-state index is 0.00820. The van der Waals surface area contributed by atoms with Crippen molar-refractivity contribution in [2.24, 2.45) is 0 Å². The Bertz CT molecular complexity index is 1990. The Hall–Kier alpha value is -3.98. The van der Waals surface area contributed by atoms with Gasteiger partial charge in [-0.15, -0.1) is 0 Å². The average molecular weight is 835 g/mol. The van der Waals surface area contributed by atoms with Gasteiger partial charge in [0.2, 0.25) is 17.8 Å². The Balaban J connectivity index is 0.813. The van der Waals surface area contributed by atoms with E-state index in [0.29, 0.717) is 56.2 Å². The summed E-state index contributed by atoms with van der Waals surface area (Å²) in [6, 6.07) is 10.6. The molecule has 3 saturated heterocycles. The molecule has 4 aliphatic heterocycles. The van der Waals surface area contributed by atoms with Gasteiger partial charge in [0.05, 0.1) is 9.62 Å². The third kappa shape index (κ3) is 7.69. The molecule has 1 saturated carbocycles. The number of nitrogens with zero attached hydrogens (tertiary/aromatic N) is 6. The summed E-state index contributed by atoms with van der Waals surface area (Å²) in [6.07, 6.45) is 13.8. The zero-order valence-corrected chi connectivity index (χ0v) is 32.6. The lowest BCUT2D eigenvalue weighted by atomic mass is 9.85. The first-order chi connectivity index (χ1) is 25.6. The van der Waals surface area contributed by atoms with Gasteiger partial charge in [-0.1, -0.05) is 57.8 Å². The van der Waals surface area contributed by atoms with E-state index in [0.717, 1.165) is 64.9 Å². The fraction of sp³-hybridized carbons (Fsp3) is 0.500. The number of aryl methyl sites for hydroxylation is 1. The van der Waals surface area contributed by atoms with Gasteiger partial charge in [0.1, 0.15) is 17.0 Å². The molecule has 280 valence electrons. The first-order valence-corrected chi connectivity index (χ1v) is 21.3. The molecule has 53 heavy (non-hydrogen) atoms. The summed E-state index contributed by atoms with van der Waals surface area (Å²) < 4.78 is 21.5. The summed E-state index contributed by atoms with van der Waals surface area (Å²) in [4.78, 5) is 52.8. The summed E-state index contributed by atoms with van der Waals surface area (Å²) in [5.41, 5.74) is 3.61. The molecule has 1 aliphatic carbocycles. The van der Waals surface area contributed by atoms with Crippen molar-refractivity contribution in [3.63, 3.8) is 0 Å². The maximum absolute atomic E-state index is 15.9. The molecule has 1 aromatic carbocycles. The predicted molar refractivity (Wildman–Crippen MR) is 213 cm³/mol. The highest BCUT2D eigenvalue weighted by atomic mass is 127. The second kappa shape index (κ2) is 15.0. The van der Waals surface area contributed by atoms with E-state index in [1.54, 1.807) is 19.0 Å². The van der Waals surface area contributed by atoms with Crippen molar-refractivity contribution in [1.82, 2.24) is 34.6 Å². The SMILES string of the molecule is CN(C)C(=O)c1cc2cnc(NC3=CC=C(N4CC(N5CCC(F)(CCc6ccc(C7CCC(=O)NC7=O)cc6)CC5)C4)C=I3)nc2n1C1CCCC1. The van der Waals surface area contributed by atoms with E-state index in [-0.39, 0.29) is 29.7 Å². The summed E-state index contributed by atoms with van der Waals surface area (Å²) >= 11 is -0.401. The number of aromatic nitrogens is 3. The number of nitrogens with one attached hydrogen (secondary N) is 2. The van der Waals surface area contributed by atoms with Crippen molar-refractivity contribution in [3.8, 4) is 0 Å². The van der Waals surface area contributed by atoms with Crippen molar-refractivity contribution < 1.29 is 18.8 Å². The number of alkyl halides is 1. The van der Waals surface area contributed by atoms with Crippen LogP contribution in [0.15, 0.2) is 58.1 Å². The number of imide groups is 1. The number of anilines is 1. The number of likely N-dealkylation sites (tertiary alicyclic amines) is 2. The highest BCUT2D eigenvalue weighted by Crippen LogP contribution is 2.37. The van der Waals surface area contributed by atoms with E-state index < -0.39 is 26.4 Å². The quantitative estimate of drug-likeness (QED) is 0.150. The number of carbonyl (C=O) groups excluding carboxylic acids is 3. The number of halogens is 2. The van der Waals surface area contributed by atoms with Gasteiger partial charge < -0.3 is 19.7 Å². The van der Waals surface area contributed by atoms with Crippen LogP contribution >= 0.6 is 20.7 Å². The molecule has 11 nitrogen and oxygen atoms in total. The molecular formula is C40H48FIN8O3. The second-order valence-corrected chi connectivity index (χ2v) is 17.9. The molecule has 3 aromatic rings. The van der Waals surface area contributed by atoms with E-state index >= 15 is 4.39 Å². The van der Waals surface area contributed by atoms with E-state index in [2.05, 4.69) is 46.1 Å². The maximum Gasteiger partial charge on any atom is 0.270 e. The number of hydrogen-bond acceptors (Lipinski definition) is 8. The Morgan fingerprint density at radius 1 is 1.06 bits per heavy atom. The Kier molecular flexibility index (Phi) is 10.2. The number of allylic oxidation sites excluding steroid dienone is 3. The van der Waals surface area contributed by atoms with Crippen molar-refractivity contribution in [3.05, 3.63) is 74.9 Å². The standard InChI is InChI=1S/C40H48FIN8O3/c1-47(2)38(53)33-21-28-23-43-39(46-36(28)50(33)29-5-3-4-6-29)44-34-13-11-30(22-42-34)49-24-31(25-49)48-19-17-40(41,18-20-48)16-15-26-7-9-27(10-8-26)32-12-14-35(51)45-37(32)52/h7-11,13,21-23,29,31-32H,3-6,12,14-20,24-25H2,1-2H3,(H,43,44,46)(H,45,51,52). The maximum atomic E-state index is 15.9. The third-order valence-electron chi connectivity index (χ3n) is 11.7. The fourth-order valence-corrected chi connectivity index (χ4v) is 10.5. The molecule has 3 amide bonds.